The van der Waals surface area contributed by atoms with Crippen LogP contribution in [0.4, 0.5) is 5.95 Å². The molecule has 25 heavy (non-hydrogen) atoms. The molecule has 0 amide bonds. The van der Waals surface area contributed by atoms with E-state index >= 15 is 0 Å². The van der Waals surface area contributed by atoms with Crippen molar-refractivity contribution < 1.29 is 9.53 Å². The lowest BCUT2D eigenvalue weighted by Crippen LogP contribution is -2.09. The standard InChI is InChI=1S/C19H20N4O2/c1-11-9-12(2)14(21-10-11)7-8-15(24)17-13-5-4-6-16(25-3)18(13)23-19(20)22-17/h4-6,9-10H,7-8H2,1-3H3,(H2,20,22,23). The number of para-hydroxylation sites is 1. The van der Waals surface area contributed by atoms with Crippen molar-refractivity contribution in [1.29, 1.82) is 0 Å². The zero-order chi connectivity index (χ0) is 18.0. The highest BCUT2D eigenvalue weighted by Gasteiger charge is 2.17. The molecule has 6 heteroatoms. The Balaban J connectivity index is 1.92. The Bertz CT molecular complexity index is 954. The number of anilines is 1. The third kappa shape index (κ3) is 3.42. The van der Waals surface area contributed by atoms with E-state index in [0.29, 0.717) is 35.2 Å². The van der Waals surface area contributed by atoms with E-state index in [-0.39, 0.29) is 11.7 Å². The van der Waals surface area contributed by atoms with Crippen LogP contribution in [0.25, 0.3) is 10.9 Å². The second-order valence-corrected chi connectivity index (χ2v) is 5.99. The molecule has 3 rings (SSSR count). The molecule has 0 radical (unpaired) electrons. The van der Waals surface area contributed by atoms with Crippen molar-refractivity contribution in [2.75, 3.05) is 12.8 Å². The highest BCUT2D eigenvalue weighted by molar-refractivity contribution is 6.07. The average molecular weight is 336 g/mol. The molecule has 0 aliphatic rings. The molecule has 1 aromatic carbocycles. The number of ketones is 1. The number of pyridine rings is 1. The summed E-state index contributed by atoms with van der Waals surface area (Å²) in [5, 5.41) is 0.645. The molecular weight excluding hydrogens is 316 g/mol. The number of hydrogen-bond donors (Lipinski definition) is 1. The Morgan fingerprint density at radius 3 is 2.76 bits per heavy atom. The van der Waals surface area contributed by atoms with Gasteiger partial charge in [-0.3, -0.25) is 9.78 Å². The number of nitrogen functional groups attached to an aromatic ring is 1. The quantitative estimate of drug-likeness (QED) is 0.720. The predicted molar refractivity (Wildman–Crippen MR) is 96.9 cm³/mol. The first-order chi connectivity index (χ1) is 12.0. The number of aromatic nitrogens is 3. The topological polar surface area (TPSA) is 91.0 Å². The van der Waals surface area contributed by atoms with Gasteiger partial charge in [0.2, 0.25) is 5.95 Å². The van der Waals surface area contributed by atoms with Gasteiger partial charge in [-0.15, -0.1) is 0 Å². The first kappa shape index (κ1) is 16.8. The number of carbonyl (C=O) groups excluding carboxylic acids is 1. The van der Waals surface area contributed by atoms with Crippen molar-refractivity contribution in [3.05, 3.63) is 53.0 Å². The summed E-state index contributed by atoms with van der Waals surface area (Å²) in [5.41, 5.74) is 9.77. The molecule has 0 saturated carbocycles. The van der Waals surface area contributed by atoms with Gasteiger partial charge in [0.05, 0.1) is 7.11 Å². The van der Waals surface area contributed by atoms with E-state index in [0.717, 1.165) is 16.8 Å². The van der Waals surface area contributed by atoms with Gasteiger partial charge in [0.1, 0.15) is 17.0 Å². The maximum absolute atomic E-state index is 12.7. The van der Waals surface area contributed by atoms with E-state index in [9.17, 15) is 4.79 Å². The van der Waals surface area contributed by atoms with Gasteiger partial charge in [-0.1, -0.05) is 18.2 Å². The van der Waals surface area contributed by atoms with E-state index in [4.69, 9.17) is 10.5 Å². The fourth-order valence-electron chi connectivity index (χ4n) is 2.88. The maximum atomic E-state index is 12.7. The van der Waals surface area contributed by atoms with Crippen molar-refractivity contribution in [2.24, 2.45) is 0 Å². The average Bonchev–Trinajstić information content (AvgIpc) is 2.59. The normalized spacial score (nSPS) is 10.8. The molecule has 2 N–H and O–H groups in total. The Hall–Kier alpha value is -3.02. The van der Waals surface area contributed by atoms with Crippen LogP contribution < -0.4 is 10.5 Å². The minimum Gasteiger partial charge on any atom is -0.494 e. The molecule has 0 spiro atoms. The lowest BCUT2D eigenvalue weighted by molar-refractivity contribution is 0.0979. The number of Topliss-reactive ketones (excluding diaryl/α,β-unsaturated/α-hetero) is 1. The minimum atomic E-state index is -0.0888. The molecule has 0 saturated heterocycles. The van der Waals surface area contributed by atoms with Gasteiger partial charge in [-0.05, 0) is 37.5 Å². The number of aryl methyl sites for hydroxylation is 3. The monoisotopic (exact) mass is 336 g/mol. The highest BCUT2D eigenvalue weighted by Crippen LogP contribution is 2.27. The van der Waals surface area contributed by atoms with Crippen LogP contribution in [0, 0.1) is 13.8 Å². The van der Waals surface area contributed by atoms with Gasteiger partial charge in [0, 0.05) is 23.7 Å². The van der Waals surface area contributed by atoms with Gasteiger partial charge >= 0.3 is 0 Å². The Labute approximate surface area is 146 Å². The van der Waals surface area contributed by atoms with E-state index in [1.807, 2.05) is 26.1 Å². The van der Waals surface area contributed by atoms with Crippen LogP contribution in [0.15, 0.2) is 30.5 Å². The van der Waals surface area contributed by atoms with E-state index in [2.05, 4.69) is 21.0 Å². The second kappa shape index (κ2) is 6.84. The van der Waals surface area contributed by atoms with Gasteiger partial charge in [-0.25, -0.2) is 9.97 Å². The number of methoxy groups -OCH3 is 1. The molecule has 128 valence electrons. The number of nitrogens with zero attached hydrogens (tertiary/aromatic N) is 3. The highest BCUT2D eigenvalue weighted by atomic mass is 16.5. The Morgan fingerprint density at radius 1 is 1.24 bits per heavy atom. The van der Waals surface area contributed by atoms with Gasteiger partial charge in [0.15, 0.2) is 5.78 Å². The van der Waals surface area contributed by atoms with Crippen LogP contribution in [0.2, 0.25) is 0 Å². The molecule has 2 heterocycles. The summed E-state index contributed by atoms with van der Waals surface area (Å²) in [5.74, 6) is 0.538. The van der Waals surface area contributed by atoms with Crippen LogP contribution in [-0.2, 0) is 6.42 Å². The SMILES string of the molecule is COc1cccc2c(C(=O)CCc3ncc(C)cc3C)nc(N)nc12. The smallest absolute Gasteiger partial charge is 0.221 e. The fourth-order valence-corrected chi connectivity index (χ4v) is 2.88. The van der Waals surface area contributed by atoms with E-state index in [1.165, 1.54) is 0 Å². The number of ether oxygens (including phenoxy) is 1. The summed E-state index contributed by atoms with van der Waals surface area (Å²) in [7, 11) is 1.56. The summed E-state index contributed by atoms with van der Waals surface area (Å²) in [6.45, 7) is 4.00. The molecule has 0 bridgehead atoms. The number of nitrogens with two attached hydrogens (primary N) is 1. The molecule has 0 atom stereocenters. The van der Waals surface area contributed by atoms with Crippen molar-refractivity contribution in [2.45, 2.75) is 26.7 Å². The van der Waals surface area contributed by atoms with Crippen molar-refractivity contribution in [1.82, 2.24) is 15.0 Å². The first-order valence-electron chi connectivity index (χ1n) is 8.05. The number of hydrogen-bond acceptors (Lipinski definition) is 6. The van der Waals surface area contributed by atoms with E-state index in [1.54, 1.807) is 19.2 Å². The van der Waals surface area contributed by atoms with Crippen molar-refractivity contribution in [3.63, 3.8) is 0 Å². The van der Waals surface area contributed by atoms with Crippen molar-refractivity contribution >= 4 is 22.6 Å². The molecule has 3 aromatic rings. The van der Waals surface area contributed by atoms with E-state index < -0.39 is 0 Å². The van der Waals surface area contributed by atoms with Crippen LogP contribution >= 0.6 is 0 Å². The Morgan fingerprint density at radius 2 is 2.04 bits per heavy atom. The zero-order valence-electron chi connectivity index (χ0n) is 14.5. The van der Waals surface area contributed by atoms with Crippen LogP contribution in [-0.4, -0.2) is 27.8 Å². The molecule has 6 nitrogen and oxygen atoms in total. The van der Waals surface area contributed by atoms with Crippen LogP contribution in [0.3, 0.4) is 0 Å². The summed E-state index contributed by atoms with van der Waals surface area (Å²) in [6.07, 6.45) is 2.68. The van der Waals surface area contributed by atoms with Gasteiger partial charge in [0.25, 0.3) is 0 Å². The summed E-state index contributed by atoms with van der Waals surface area (Å²) in [4.78, 5) is 25.5. The molecule has 2 aromatic heterocycles. The summed E-state index contributed by atoms with van der Waals surface area (Å²) >= 11 is 0. The number of benzene rings is 1. The molecule has 0 aliphatic heterocycles. The van der Waals surface area contributed by atoms with Gasteiger partial charge < -0.3 is 10.5 Å². The lowest BCUT2D eigenvalue weighted by Gasteiger charge is -2.09. The number of fused-ring (bicyclic) bond motifs is 1. The fraction of sp³-hybridized carbons (Fsp3) is 0.263. The first-order valence-corrected chi connectivity index (χ1v) is 8.05. The van der Waals surface area contributed by atoms with Gasteiger partial charge in [-0.2, -0.15) is 0 Å². The lowest BCUT2D eigenvalue weighted by atomic mass is 10.0. The third-order valence-corrected chi connectivity index (χ3v) is 4.10. The molecule has 0 unspecified atom stereocenters. The number of rotatable bonds is 5. The largest absolute Gasteiger partial charge is 0.494 e. The molecule has 0 fully saturated rings. The molecule has 0 aliphatic carbocycles. The second-order valence-electron chi connectivity index (χ2n) is 5.99. The summed E-state index contributed by atoms with van der Waals surface area (Å²) in [6, 6.07) is 7.46. The molecular formula is C19H20N4O2. The zero-order valence-corrected chi connectivity index (χ0v) is 14.5. The Kier molecular flexibility index (Phi) is 4.61. The number of carbonyl (C=O) groups is 1. The van der Waals surface area contributed by atoms with Crippen LogP contribution in [0.1, 0.15) is 33.7 Å². The third-order valence-electron chi connectivity index (χ3n) is 4.10. The predicted octanol–water partition coefficient (Wildman–Crippen LogP) is 3.05. The minimum absolute atomic E-state index is 0.0602. The van der Waals surface area contributed by atoms with Crippen molar-refractivity contribution in [3.8, 4) is 5.75 Å². The van der Waals surface area contributed by atoms with Crippen LogP contribution in [0.5, 0.6) is 5.75 Å². The maximum Gasteiger partial charge on any atom is 0.221 e. The summed E-state index contributed by atoms with van der Waals surface area (Å²) < 4.78 is 5.31.